The van der Waals surface area contributed by atoms with E-state index < -0.39 is 5.97 Å². The molecular formula is C18H10ClNO2. The number of benzene rings is 3. The molecule has 0 aromatic heterocycles. The smallest absolute Gasteiger partial charge is 0.335 e. The van der Waals surface area contributed by atoms with Crippen LogP contribution in [0, 0.1) is 11.3 Å². The molecule has 3 aromatic rings. The van der Waals surface area contributed by atoms with E-state index in [1.807, 2.05) is 18.2 Å². The van der Waals surface area contributed by atoms with Crippen LogP contribution in [0.3, 0.4) is 0 Å². The summed E-state index contributed by atoms with van der Waals surface area (Å²) < 4.78 is 0. The van der Waals surface area contributed by atoms with Gasteiger partial charge in [-0.15, -0.1) is 0 Å². The highest BCUT2D eigenvalue weighted by atomic mass is 35.5. The average molecular weight is 308 g/mol. The second-order valence-corrected chi connectivity index (χ2v) is 5.26. The molecule has 0 atom stereocenters. The first kappa shape index (κ1) is 14.1. The van der Waals surface area contributed by atoms with Gasteiger partial charge in [-0.3, -0.25) is 0 Å². The third kappa shape index (κ3) is 2.41. The number of nitrogens with zero attached hydrogens (tertiary/aromatic N) is 1. The van der Waals surface area contributed by atoms with Crippen molar-refractivity contribution in [1.29, 1.82) is 5.26 Å². The van der Waals surface area contributed by atoms with Crippen LogP contribution in [-0.2, 0) is 0 Å². The summed E-state index contributed by atoms with van der Waals surface area (Å²) in [4.78, 5) is 11.2. The minimum atomic E-state index is -0.979. The molecule has 1 N–H and O–H groups in total. The average Bonchev–Trinajstić information content (AvgIpc) is 2.54. The molecule has 0 spiro atoms. The molecule has 0 fully saturated rings. The number of carboxylic acid groups (broad SMARTS) is 1. The molecule has 3 rings (SSSR count). The number of aromatic carboxylic acids is 1. The summed E-state index contributed by atoms with van der Waals surface area (Å²) in [6.45, 7) is 0. The van der Waals surface area contributed by atoms with Crippen LogP contribution in [0.2, 0.25) is 5.02 Å². The SMILES string of the molecule is N#Cc1ccc(-c2c(Cl)ccc3ccc(C(=O)O)cc23)cc1. The first-order valence-corrected chi connectivity index (χ1v) is 6.94. The number of carboxylic acids is 1. The van der Waals surface area contributed by atoms with Crippen molar-refractivity contribution in [3.05, 3.63) is 70.7 Å². The van der Waals surface area contributed by atoms with Gasteiger partial charge in [0.1, 0.15) is 0 Å². The molecule has 0 saturated carbocycles. The lowest BCUT2D eigenvalue weighted by atomic mass is 9.96. The lowest BCUT2D eigenvalue weighted by Gasteiger charge is -2.10. The van der Waals surface area contributed by atoms with E-state index in [2.05, 4.69) is 6.07 Å². The Morgan fingerprint density at radius 1 is 1.05 bits per heavy atom. The molecule has 4 heteroatoms. The number of hydrogen-bond donors (Lipinski definition) is 1. The van der Waals surface area contributed by atoms with Crippen molar-refractivity contribution in [2.24, 2.45) is 0 Å². The zero-order valence-corrected chi connectivity index (χ0v) is 12.1. The van der Waals surface area contributed by atoms with E-state index in [1.165, 1.54) is 0 Å². The molecule has 3 nitrogen and oxygen atoms in total. The summed E-state index contributed by atoms with van der Waals surface area (Å²) in [6.07, 6.45) is 0. The van der Waals surface area contributed by atoms with Crippen molar-refractivity contribution in [2.45, 2.75) is 0 Å². The molecule has 0 radical (unpaired) electrons. The first-order chi connectivity index (χ1) is 10.6. The molecule has 0 aliphatic carbocycles. The summed E-state index contributed by atoms with van der Waals surface area (Å²) >= 11 is 6.33. The molecule has 0 bridgehead atoms. The van der Waals surface area contributed by atoms with E-state index in [9.17, 15) is 9.90 Å². The van der Waals surface area contributed by atoms with Crippen molar-refractivity contribution in [2.75, 3.05) is 0 Å². The molecule has 106 valence electrons. The molecule has 0 saturated heterocycles. The zero-order valence-electron chi connectivity index (χ0n) is 11.4. The van der Waals surface area contributed by atoms with Crippen molar-refractivity contribution < 1.29 is 9.90 Å². The zero-order chi connectivity index (χ0) is 15.7. The fourth-order valence-corrected chi connectivity index (χ4v) is 2.70. The Hall–Kier alpha value is -2.83. The fraction of sp³-hybridized carbons (Fsp3) is 0. The van der Waals surface area contributed by atoms with Crippen molar-refractivity contribution in [3.8, 4) is 17.2 Å². The van der Waals surface area contributed by atoms with Crippen LogP contribution in [-0.4, -0.2) is 11.1 Å². The van der Waals surface area contributed by atoms with Crippen LogP contribution < -0.4 is 0 Å². The van der Waals surface area contributed by atoms with Crippen molar-refractivity contribution in [3.63, 3.8) is 0 Å². The van der Waals surface area contributed by atoms with Gasteiger partial charge in [-0.2, -0.15) is 5.26 Å². The number of hydrogen-bond acceptors (Lipinski definition) is 2. The molecule has 0 amide bonds. The highest BCUT2D eigenvalue weighted by molar-refractivity contribution is 6.35. The molecule has 0 heterocycles. The lowest BCUT2D eigenvalue weighted by Crippen LogP contribution is -1.96. The molecule has 0 aliphatic heterocycles. The highest BCUT2D eigenvalue weighted by Crippen LogP contribution is 2.35. The summed E-state index contributed by atoms with van der Waals surface area (Å²) in [5.41, 5.74) is 2.39. The van der Waals surface area contributed by atoms with Gasteiger partial charge in [-0.05, 0) is 46.7 Å². The number of fused-ring (bicyclic) bond motifs is 1. The molecule has 22 heavy (non-hydrogen) atoms. The monoisotopic (exact) mass is 307 g/mol. The molecule has 0 unspecified atom stereocenters. The Morgan fingerprint density at radius 3 is 2.36 bits per heavy atom. The number of halogens is 1. The number of nitriles is 1. The molecule has 0 aliphatic rings. The Balaban J connectivity index is 2.30. The van der Waals surface area contributed by atoms with E-state index in [-0.39, 0.29) is 5.56 Å². The van der Waals surface area contributed by atoms with Crippen LogP contribution in [0.15, 0.2) is 54.6 Å². The van der Waals surface area contributed by atoms with Gasteiger partial charge in [-0.1, -0.05) is 35.9 Å². The topological polar surface area (TPSA) is 61.1 Å². The van der Waals surface area contributed by atoms with Gasteiger partial charge in [0.15, 0.2) is 0 Å². The van der Waals surface area contributed by atoms with Gasteiger partial charge >= 0.3 is 5.97 Å². The minimum absolute atomic E-state index is 0.213. The Labute approximate surface area is 132 Å². The van der Waals surface area contributed by atoms with E-state index in [0.717, 1.165) is 21.9 Å². The van der Waals surface area contributed by atoms with Gasteiger partial charge in [0.25, 0.3) is 0 Å². The molecule has 3 aromatic carbocycles. The third-order valence-corrected chi connectivity index (χ3v) is 3.84. The quantitative estimate of drug-likeness (QED) is 0.744. The summed E-state index contributed by atoms with van der Waals surface area (Å²) in [7, 11) is 0. The second-order valence-electron chi connectivity index (χ2n) is 4.85. The Kier molecular flexibility index (Phi) is 3.54. The first-order valence-electron chi connectivity index (χ1n) is 6.56. The van der Waals surface area contributed by atoms with Crippen molar-refractivity contribution >= 4 is 28.3 Å². The maximum atomic E-state index is 11.2. The van der Waals surface area contributed by atoms with Crippen LogP contribution in [0.5, 0.6) is 0 Å². The van der Waals surface area contributed by atoms with Gasteiger partial charge in [0.2, 0.25) is 0 Å². The summed E-state index contributed by atoms with van der Waals surface area (Å²) in [6, 6.07) is 17.7. The minimum Gasteiger partial charge on any atom is -0.478 e. The van der Waals surface area contributed by atoms with Crippen molar-refractivity contribution in [1.82, 2.24) is 0 Å². The van der Waals surface area contributed by atoms with Crippen LogP contribution >= 0.6 is 11.6 Å². The fourth-order valence-electron chi connectivity index (χ4n) is 2.43. The number of carbonyl (C=O) groups is 1. The van der Waals surface area contributed by atoms with E-state index >= 15 is 0 Å². The van der Waals surface area contributed by atoms with E-state index in [4.69, 9.17) is 16.9 Å². The van der Waals surface area contributed by atoms with Crippen LogP contribution in [0.25, 0.3) is 21.9 Å². The van der Waals surface area contributed by atoms with E-state index in [0.29, 0.717) is 10.6 Å². The highest BCUT2D eigenvalue weighted by Gasteiger charge is 2.11. The van der Waals surface area contributed by atoms with E-state index in [1.54, 1.807) is 36.4 Å². The van der Waals surface area contributed by atoms with Gasteiger partial charge in [0.05, 0.1) is 17.2 Å². The predicted molar refractivity (Wildman–Crippen MR) is 86.1 cm³/mol. The largest absolute Gasteiger partial charge is 0.478 e. The van der Waals surface area contributed by atoms with Crippen LogP contribution in [0.1, 0.15) is 15.9 Å². The van der Waals surface area contributed by atoms with Gasteiger partial charge < -0.3 is 5.11 Å². The summed E-state index contributed by atoms with van der Waals surface area (Å²) in [5.74, 6) is -0.979. The van der Waals surface area contributed by atoms with Gasteiger partial charge in [-0.25, -0.2) is 4.79 Å². The third-order valence-electron chi connectivity index (χ3n) is 3.52. The maximum absolute atomic E-state index is 11.2. The predicted octanol–water partition coefficient (Wildman–Crippen LogP) is 4.73. The standard InChI is InChI=1S/C18H10ClNO2/c19-16-8-7-12-5-6-14(18(21)22)9-15(12)17(16)13-3-1-11(10-20)2-4-13/h1-9H,(H,21,22). The normalized spacial score (nSPS) is 10.4. The summed E-state index contributed by atoms with van der Waals surface area (Å²) in [5, 5.41) is 20.3. The van der Waals surface area contributed by atoms with Gasteiger partial charge in [0, 0.05) is 10.6 Å². The Bertz CT molecular complexity index is 924. The maximum Gasteiger partial charge on any atom is 0.335 e. The molecular weight excluding hydrogens is 298 g/mol. The number of rotatable bonds is 2. The Morgan fingerprint density at radius 2 is 1.73 bits per heavy atom. The lowest BCUT2D eigenvalue weighted by molar-refractivity contribution is 0.0697. The van der Waals surface area contributed by atoms with Crippen LogP contribution in [0.4, 0.5) is 0 Å². The second kappa shape index (κ2) is 5.51.